The zero-order chi connectivity index (χ0) is 20.8. The van der Waals surface area contributed by atoms with Crippen LogP contribution in [0.3, 0.4) is 0 Å². The second-order valence-corrected chi connectivity index (χ2v) is 7.03. The molecule has 0 heterocycles. The Hall–Kier alpha value is -3.92. The van der Waals surface area contributed by atoms with Crippen LogP contribution in [0.1, 0.15) is 27.0 Å². The van der Waals surface area contributed by atoms with Crippen molar-refractivity contribution in [2.24, 2.45) is 5.10 Å². The maximum absolute atomic E-state index is 12.3. The fourth-order valence-electron chi connectivity index (χ4n) is 3.30. The van der Waals surface area contributed by atoms with Crippen molar-refractivity contribution >= 4 is 22.9 Å². The lowest BCUT2D eigenvalue weighted by atomic mass is 10.1. The van der Waals surface area contributed by atoms with E-state index in [0.29, 0.717) is 17.9 Å². The number of carbonyl (C=O) groups is 1. The highest BCUT2D eigenvalue weighted by Crippen LogP contribution is 2.22. The van der Waals surface area contributed by atoms with Gasteiger partial charge >= 0.3 is 0 Å². The minimum absolute atomic E-state index is 0.246. The number of hydrogen-bond donors (Lipinski definition) is 1. The Morgan fingerprint density at radius 3 is 2.60 bits per heavy atom. The standard InChI is InChI=1S/C26H22N2O2/c1-19-8-6-12-21(16-19)26(29)28-27-17-22-10-3-5-15-25(22)30-18-23-13-7-11-20-9-2-4-14-24(20)23/h2-17H,18H2,1H3,(H,28,29)/b27-17+. The molecule has 0 aliphatic heterocycles. The van der Waals surface area contributed by atoms with Gasteiger partial charge in [-0.15, -0.1) is 0 Å². The summed E-state index contributed by atoms with van der Waals surface area (Å²) >= 11 is 0. The number of benzene rings is 4. The van der Waals surface area contributed by atoms with Gasteiger partial charge < -0.3 is 4.74 Å². The molecule has 148 valence electrons. The van der Waals surface area contributed by atoms with Crippen molar-refractivity contribution in [1.82, 2.24) is 5.43 Å². The van der Waals surface area contributed by atoms with E-state index >= 15 is 0 Å². The lowest BCUT2D eigenvalue weighted by Gasteiger charge is -2.11. The van der Waals surface area contributed by atoms with Crippen molar-refractivity contribution in [2.75, 3.05) is 0 Å². The Labute approximate surface area is 175 Å². The smallest absolute Gasteiger partial charge is 0.271 e. The molecule has 1 N–H and O–H groups in total. The Balaban J connectivity index is 1.46. The van der Waals surface area contributed by atoms with Crippen LogP contribution >= 0.6 is 0 Å². The quantitative estimate of drug-likeness (QED) is 0.347. The van der Waals surface area contributed by atoms with E-state index in [4.69, 9.17) is 4.74 Å². The lowest BCUT2D eigenvalue weighted by molar-refractivity contribution is 0.0955. The monoisotopic (exact) mass is 394 g/mol. The first-order chi connectivity index (χ1) is 14.7. The Bertz CT molecular complexity index is 1210. The summed E-state index contributed by atoms with van der Waals surface area (Å²) in [6.07, 6.45) is 1.60. The summed E-state index contributed by atoms with van der Waals surface area (Å²) in [5.74, 6) is 0.461. The van der Waals surface area contributed by atoms with Gasteiger partial charge in [0.1, 0.15) is 12.4 Å². The molecule has 0 unspecified atom stereocenters. The molecular weight excluding hydrogens is 372 g/mol. The average molecular weight is 394 g/mol. The van der Waals surface area contributed by atoms with Gasteiger partial charge in [0.15, 0.2) is 0 Å². The number of hydrazone groups is 1. The van der Waals surface area contributed by atoms with E-state index in [2.05, 4.69) is 34.8 Å². The van der Waals surface area contributed by atoms with E-state index < -0.39 is 0 Å². The molecule has 0 fully saturated rings. The third-order valence-corrected chi connectivity index (χ3v) is 4.83. The van der Waals surface area contributed by atoms with Crippen LogP contribution in [0.4, 0.5) is 0 Å². The summed E-state index contributed by atoms with van der Waals surface area (Å²) in [5.41, 5.74) is 6.09. The summed E-state index contributed by atoms with van der Waals surface area (Å²) in [5, 5.41) is 6.47. The third kappa shape index (κ3) is 4.55. The summed E-state index contributed by atoms with van der Waals surface area (Å²) in [7, 11) is 0. The van der Waals surface area contributed by atoms with E-state index in [-0.39, 0.29) is 5.91 Å². The number of aryl methyl sites for hydroxylation is 1. The summed E-state index contributed by atoms with van der Waals surface area (Å²) in [6, 6.07) is 29.5. The molecule has 0 saturated carbocycles. The highest BCUT2D eigenvalue weighted by molar-refractivity contribution is 5.95. The van der Waals surface area contributed by atoms with E-state index in [1.807, 2.05) is 67.6 Å². The topological polar surface area (TPSA) is 50.7 Å². The predicted molar refractivity (Wildman–Crippen MR) is 121 cm³/mol. The molecule has 0 aliphatic rings. The largest absolute Gasteiger partial charge is 0.488 e. The number of amides is 1. The van der Waals surface area contributed by atoms with Gasteiger partial charge in [-0.3, -0.25) is 4.79 Å². The lowest BCUT2D eigenvalue weighted by Crippen LogP contribution is -2.17. The molecule has 4 aromatic carbocycles. The van der Waals surface area contributed by atoms with Crippen molar-refractivity contribution in [3.8, 4) is 5.75 Å². The van der Waals surface area contributed by atoms with Crippen molar-refractivity contribution in [2.45, 2.75) is 13.5 Å². The molecule has 0 atom stereocenters. The van der Waals surface area contributed by atoms with Gasteiger partial charge in [-0.25, -0.2) is 5.43 Å². The molecule has 30 heavy (non-hydrogen) atoms. The molecule has 0 bridgehead atoms. The molecule has 0 aliphatic carbocycles. The summed E-state index contributed by atoms with van der Waals surface area (Å²) < 4.78 is 6.09. The molecule has 0 aromatic heterocycles. The summed E-state index contributed by atoms with van der Waals surface area (Å²) in [6.45, 7) is 2.39. The minimum atomic E-state index is -0.246. The van der Waals surface area contributed by atoms with Gasteiger partial charge in [0, 0.05) is 11.1 Å². The van der Waals surface area contributed by atoms with Crippen LogP contribution < -0.4 is 10.2 Å². The van der Waals surface area contributed by atoms with Crippen LogP contribution in [-0.4, -0.2) is 12.1 Å². The highest BCUT2D eigenvalue weighted by Gasteiger charge is 2.06. The molecule has 4 rings (SSSR count). The van der Waals surface area contributed by atoms with Gasteiger partial charge in [0.05, 0.1) is 6.21 Å². The van der Waals surface area contributed by atoms with Gasteiger partial charge in [0.2, 0.25) is 0 Å². The van der Waals surface area contributed by atoms with E-state index in [9.17, 15) is 4.79 Å². The van der Waals surface area contributed by atoms with E-state index in [0.717, 1.165) is 16.7 Å². The Morgan fingerprint density at radius 2 is 1.70 bits per heavy atom. The van der Waals surface area contributed by atoms with Crippen LogP contribution in [-0.2, 0) is 6.61 Å². The van der Waals surface area contributed by atoms with Crippen molar-refractivity contribution in [3.05, 3.63) is 113 Å². The number of para-hydroxylation sites is 1. The Morgan fingerprint density at radius 1 is 0.933 bits per heavy atom. The van der Waals surface area contributed by atoms with E-state index in [1.54, 1.807) is 12.3 Å². The van der Waals surface area contributed by atoms with Crippen LogP contribution in [0.25, 0.3) is 10.8 Å². The molecule has 1 amide bonds. The number of nitrogens with zero attached hydrogens (tertiary/aromatic N) is 1. The van der Waals surface area contributed by atoms with Crippen molar-refractivity contribution in [1.29, 1.82) is 0 Å². The minimum Gasteiger partial charge on any atom is -0.488 e. The van der Waals surface area contributed by atoms with Gasteiger partial charge in [-0.1, -0.05) is 72.3 Å². The normalized spacial score (nSPS) is 11.0. The van der Waals surface area contributed by atoms with Crippen LogP contribution in [0.15, 0.2) is 96.1 Å². The predicted octanol–water partition coefficient (Wildman–Crippen LogP) is 5.49. The number of nitrogens with one attached hydrogen (secondary N) is 1. The zero-order valence-corrected chi connectivity index (χ0v) is 16.7. The first-order valence-corrected chi connectivity index (χ1v) is 9.79. The third-order valence-electron chi connectivity index (χ3n) is 4.83. The SMILES string of the molecule is Cc1cccc(C(=O)N/N=C/c2ccccc2OCc2cccc3ccccc23)c1. The van der Waals surface area contributed by atoms with Crippen molar-refractivity contribution < 1.29 is 9.53 Å². The molecule has 0 radical (unpaired) electrons. The number of rotatable bonds is 6. The molecular formula is C26H22N2O2. The Kier molecular flexibility index (Phi) is 5.85. The average Bonchev–Trinajstić information content (AvgIpc) is 2.78. The molecule has 4 heteroatoms. The van der Waals surface area contributed by atoms with Crippen molar-refractivity contribution in [3.63, 3.8) is 0 Å². The number of fused-ring (bicyclic) bond motifs is 1. The molecule has 4 nitrogen and oxygen atoms in total. The maximum atomic E-state index is 12.3. The van der Waals surface area contributed by atoms with Crippen LogP contribution in [0.2, 0.25) is 0 Å². The maximum Gasteiger partial charge on any atom is 0.271 e. The zero-order valence-electron chi connectivity index (χ0n) is 16.7. The molecule has 0 saturated heterocycles. The first kappa shape index (κ1) is 19.4. The highest BCUT2D eigenvalue weighted by atomic mass is 16.5. The first-order valence-electron chi connectivity index (χ1n) is 9.79. The summed E-state index contributed by atoms with van der Waals surface area (Å²) in [4.78, 5) is 12.3. The number of ether oxygens (including phenoxy) is 1. The van der Waals surface area contributed by atoms with Gasteiger partial charge in [-0.05, 0) is 47.5 Å². The van der Waals surface area contributed by atoms with E-state index in [1.165, 1.54) is 10.8 Å². The molecule has 0 spiro atoms. The fourth-order valence-corrected chi connectivity index (χ4v) is 3.30. The number of hydrogen-bond acceptors (Lipinski definition) is 3. The second kappa shape index (κ2) is 9.05. The molecule has 4 aromatic rings. The van der Waals surface area contributed by atoms with Crippen LogP contribution in [0, 0.1) is 6.92 Å². The second-order valence-electron chi connectivity index (χ2n) is 7.03. The fraction of sp³-hybridized carbons (Fsp3) is 0.0769. The van der Waals surface area contributed by atoms with Gasteiger partial charge in [-0.2, -0.15) is 5.10 Å². The van der Waals surface area contributed by atoms with Gasteiger partial charge in [0.25, 0.3) is 5.91 Å². The van der Waals surface area contributed by atoms with Crippen LogP contribution in [0.5, 0.6) is 5.75 Å². The number of carbonyl (C=O) groups excluding carboxylic acids is 1.